The van der Waals surface area contributed by atoms with Crippen LogP contribution < -0.4 is 9.64 Å². The number of hydrogen-bond donors (Lipinski definition) is 0. The molecule has 4 rings (SSSR count). The van der Waals surface area contributed by atoms with Crippen molar-refractivity contribution in [2.75, 3.05) is 25.7 Å². The lowest BCUT2D eigenvalue weighted by atomic mass is 10.1. The standard InChI is InChI=1S/C21H23IN4O/c1-24-14-19-20(22)23-26(13-16-6-4-3-5-7-16)21(19)25(15-24)12-17-8-10-18(27-2)11-9-17/h3-11H,12-15H2,1-2H3. The number of anilines is 1. The van der Waals surface area contributed by atoms with Crippen molar-refractivity contribution in [2.45, 2.75) is 19.6 Å². The van der Waals surface area contributed by atoms with Crippen LogP contribution in [0.3, 0.4) is 0 Å². The zero-order valence-electron chi connectivity index (χ0n) is 15.6. The van der Waals surface area contributed by atoms with Gasteiger partial charge in [-0.25, -0.2) is 4.68 Å². The molecule has 1 aliphatic heterocycles. The van der Waals surface area contributed by atoms with E-state index in [1.165, 1.54) is 22.5 Å². The predicted octanol–water partition coefficient (Wildman–Crippen LogP) is 3.95. The number of hydrogen-bond acceptors (Lipinski definition) is 4. The van der Waals surface area contributed by atoms with E-state index in [2.05, 4.69) is 86.6 Å². The van der Waals surface area contributed by atoms with Gasteiger partial charge in [-0.15, -0.1) is 0 Å². The van der Waals surface area contributed by atoms with E-state index in [0.717, 1.165) is 35.8 Å². The average Bonchev–Trinajstić information content (AvgIpc) is 2.98. The summed E-state index contributed by atoms with van der Waals surface area (Å²) in [5.74, 6) is 2.12. The van der Waals surface area contributed by atoms with Crippen LogP contribution in [0.5, 0.6) is 5.75 Å². The molecule has 0 saturated heterocycles. The molecule has 2 aromatic carbocycles. The van der Waals surface area contributed by atoms with Crippen LogP contribution >= 0.6 is 22.6 Å². The van der Waals surface area contributed by atoms with E-state index in [9.17, 15) is 0 Å². The van der Waals surface area contributed by atoms with Crippen molar-refractivity contribution < 1.29 is 4.74 Å². The molecule has 27 heavy (non-hydrogen) atoms. The Morgan fingerprint density at radius 2 is 1.70 bits per heavy atom. The van der Waals surface area contributed by atoms with Crippen LogP contribution in [0.2, 0.25) is 0 Å². The third-order valence-electron chi connectivity index (χ3n) is 4.82. The fraction of sp³-hybridized carbons (Fsp3) is 0.286. The Labute approximate surface area is 173 Å². The Balaban J connectivity index is 1.66. The summed E-state index contributed by atoms with van der Waals surface area (Å²) in [7, 11) is 3.86. The van der Waals surface area contributed by atoms with Crippen molar-refractivity contribution in [1.29, 1.82) is 0 Å². The molecule has 0 saturated carbocycles. The number of halogens is 1. The highest BCUT2D eigenvalue weighted by Crippen LogP contribution is 2.32. The normalized spacial score (nSPS) is 14.3. The molecule has 140 valence electrons. The smallest absolute Gasteiger partial charge is 0.134 e. The van der Waals surface area contributed by atoms with Gasteiger partial charge < -0.3 is 9.64 Å². The molecule has 0 atom stereocenters. The first kappa shape index (κ1) is 18.3. The maximum absolute atomic E-state index is 5.28. The molecular formula is C21H23IN4O. The SMILES string of the molecule is COc1ccc(CN2CN(C)Cc3c(I)nn(Cc4ccccc4)c32)cc1. The lowest BCUT2D eigenvalue weighted by Crippen LogP contribution is -2.40. The van der Waals surface area contributed by atoms with Crippen molar-refractivity contribution >= 4 is 28.4 Å². The molecule has 5 nitrogen and oxygen atoms in total. The fourth-order valence-electron chi connectivity index (χ4n) is 3.57. The van der Waals surface area contributed by atoms with E-state index < -0.39 is 0 Å². The molecule has 1 aliphatic rings. The monoisotopic (exact) mass is 474 g/mol. The Hall–Kier alpha value is -2.06. The van der Waals surface area contributed by atoms with Gasteiger partial charge in [0.2, 0.25) is 0 Å². The molecule has 0 unspecified atom stereocenters. The highest BCUT2D eigenvalue weighted by Gasteiger charge is 2.28. The molecule has 0 radical (unpaired) electrons. The molecule has 0 fully saturated rings. The van der Waals surface area contributed by atoms with Gasteiger partial charge in [0.1, 0.15) is 15.3 Å². The molecule has 0 N–H and O–H groups in total. The maximum Gasteiger partial charge on any atom is 0.134 e. The number of benzene rings is 2. The maximum atomic E-state index is 5.28. The fourth-order valence-corrected chi connectivity index (χ4v) is 4.25. The van der Waals surface area contributed by atoms with Crippen molar-refractivity contribution in [2.24, 2.45) is 0 Å². The summed E-state index contributed by atoms with van der Waals surface area (Å²) in [6.07, 6.45) is 0. The third kappa shape index (κ3) is 3.96. The number of aromatic nitrogens is 2. The van der Waals surface area contributed by atoms with Crippen LogP contribution in [-0.2, 0) is 19.6 Å². The number of methoxy groups -OCH3 is 1. The molecule has 0 spiro atoms. The van der Waals surface area contributed by atoms with Gasteiger partial charge in [0.25, 0.3) is 0 Å². The quantitative estimate of drug-likeness (QED) is 0.525. The first-order valence-electron chi connectivity index (χ1n) is 8.99. The van der Waals surface area contributed by atoms with Gasteiger partial charge in [0.05, 0.1) is 20.3 Å². The minimum absolute atomic E-state index is 0.787. The molecule has 6 heteroatoms. The van der Waals surface area contributed by atoms with Gasteiger partial charge in [-0.3, -0.25) is 4.90 Å². The highest BCUT2D eigenvalue weighted by atomic mass is 127. The zero-order valence-corrected chi connectivity index (χ0v) is 17.8. The second-order valence-electron chi connectivity index (χ2n) is 6.94. The average molecular weight is 474 g/mol. The summed E-state index contributed by atoms with van der Waals surface area (Å²) in [4.78, 5) is 4.75. The van der Waals surface area contributed by atoms with Crippen LogP contribution in [0.25, 0.3) is 0 Å². The molecule has 0 amide bonds. The number of ether oxygens (including phenoxy) is 1. The van der Waals surface area contributed by atoms with Gasteiger partial charge in [-0.2, -0.15) is 5.10 Å². The van der Waals surface area contributed by atoms with Gasteiger partial charge in [-0.05, 0) is 52.9 Å². The van der Waals surface area contributed by atoms with Crippen LogP contribution in [-0.4, -0.2) is 35.5 Å². The van der Waals surface area contributed by atoms with E-state index in [4.69, 9.17) is 9.84 Å². The van der Waals surface area contributed by atoms with Crippen LogP contribution in [0.1, 0.15) is 16.7 Å². The predicted molar refractivity (Wildman–Crippen MR) is 116 cm³/mol. The van der Waals surface area contributed by atoms with E-state index >= 15 is 0 Å². The zero-order chi connectivity index (χ0) is 18.8. The summed E-state index contributed by atoms with van der Waals surface area (Å²) in [6.45, 7) is 3.45. The van der Waals surface area contributed by atoms with E-state index in [0.29, 0.717) is 0 Å². The van der Waals surface area contributed by atoms with Crippen molar-refractivity contribution in [3.8, 4) is 5.75 Å². The summed E-state index contributed by atoms with van der Waals surface area (Å²) < 4.78 is 8.53. The number of nitrogens with zero attached hydrogens (tertiary/aromatic N) is 4. The third-order valence-corrected chi connectivity index (χ3v) is 5.69. The summed E-state index contributed by atoms with van der Waals surface area (Å²) in [6, 6.07) is 18.8. The molecule has 0 aliphatic carbocycles. The van der Waals surface area contributed by atoms with Crippen LogP contribution in [0, 0.1) is 3.70 Å². The molecule has 2 heterocycles. The van der Waals surface area contributed by atoms with Gasteiger partial charge in [-0.1, -0.05) is 42.5 Å². The summed E-state index contributed by atoms with van der Waals surface area (Å²) in [5.41, 5.74) is 3.84. The largest absolute Gasteiger partial charge is 0.497 e. The second-order valence-corrected chi connectivity index (χ2v) is 7.96. The topological polar surface area (TPSA) is 33.5 Å². The van der Waals surface area contributed by atoms with Crippen molar-refractivity contribution in [1.82, 2.24) is 14.7 Å². The molecular weight excluding hydrogens is 451 g/mol. The Morgan fingerprint density at radius 1 is 1.00 bits per heavy atom. The Bertz CT molecular complexity index is 908. The first-order valence-corrected chi connectivity index (χ1v) is 10.1. The number of rotatable bonds is 5. The van der Waals surface area contributed by atoms with Gasteiger partial charge in [0.15, 0.2) is 0 Å². The summed E-state index contributed by atoms with van der Waals surface area (Å²) >= 11 is 2.37. The highest BCUT2D eigenvalue weighted by molar-refractivity contribution is 14.1. The Morgan fingerprint density at radius 3 is 2.41 bits per heavy atom. The first-order chi connectivity index (χ1) is 13.1. The second kappa shape index (κ2) is 7.90. The molecule has 3 aromatic rings. The lowest BCUT2D eigenvalue weighted by Gasteiger charge is -2.35. The van der Waals surface area contributed by atoms with E-state index in [1.54, 1.807) is 7.11 Å². The van der Waals surface area contributed by atoms with Gasteiger partial charge in [0, 0.05) is 18.7 Å². The molecule has 0 bridgehead atoms. The Kier molecular flexibility index (Phi) is 5.36. The minimum Gasteiger partial charge on any atom is -0.497 e. The van der Waals surface area contributed by atoms with Crippen molar-refractivity contribution in [3.05, 3.63) is 75.0 Å². The van der Waals surface area contributed by atoms with Crippen molar-refractivity contribution in [3.63, 3.8) is 0 Å². The van der Waals surface area contributed by atoms with Crippen LogP contribution in [0.4, 0.5) is 5.82 Å². The number of fused-ring (bicyclic) bond motifs is 1. The van der Waals surface area contributed by atoms with E-state index in [1.807, 2.05) is 12.1 Å². The minimum atomic E-state index is 0.787. The summed E-state index contributed by atoms with van der Waals surface area (Å²) in [5, 5.41) is 4.86. The molecule has 1 aromatic heterocycles. The van der Waals surface area contributed by atoms with E-state index in [-0.39, 0.29) is 0 Å². The van der Waals surface area contributed by atoms with Gasteiger partial charge >= 0.3 is 0 Å². The van der Waals surface area contributed by atoms with Crippen LogP contribution in [0.15, 0.2) is 54.6 Å². The lowest BCUT2D eigenvalue weighted by molar-refractivity contribution is 0.304.